The van der Waals surface area contributed by atoms with E-state index in [4.69, 9.17) is 23.8 Å². The Morgan fingerprint density at radius 1 is 1.21 bits per heavy atom. The maximum absolute atomic E-state index is 12.3. The lowest BCUT2D eigenvalue weighted by Gasteiger charge is -2.10. The smallest absolute Gasteiger partial charge is 0.269 e. The Morgan fingerprint density at radius 3 is 2.67 bits per heavy atom. The lowest BCUT2D eigenvalue weighted by atomic mass is 10.2. The van der Waals surface area contributed by atoms with E-state index in [1.165, 1.54) is 11.3 Å². The summed E-state index contributed by atoms with van der Waals surface area (Å²) in [6, 6.07) is 7.51. The number of amides is 2. The molecule has 0 bridgehead atoms. The van der Waals surface area contributed by atoms with E-state index in [9.17, 15) is 9.59 Å². The van der Waals surface area contributed by atoms with Crippen molar-refractivity contribution in [1.29, 1.82) is 0 Å². The first kappa shape index (κ1) is 18.6. The number of hydrazine groups is 1. The second-order valence-corrected chi connectivity index (χ2v) is 6.99. The molecule has 8 heteroatoms. The minimum Gasteiger partial charge on any atom is -0.297 e. The number of hydrogen-bond acceptors (Lipinski definition) is 4. The third kappa shape index (κ3) is 4.90. The van der Waals surface area contributed by atoms with Gasteiger partial charge < -0.3 is 0 Å². The van der Waals surface area contributed by atoms with Crippen LogP contribution in [0.4, 0.5) is 0 Å². The summed E-state index contributed by atoms with van der Waals surface area (Å²) < 4.78 is 0.927. The molecule has 0 aliphatic rings. The van der Waals surface area contributed by atoms with Gasteiger partial charge in [0.2, 0.25) is 5.91 Å². The molecule has 0 radical (unpaired) electrons. The number of nitrogens with one attached hydrogen (secondary N) is 3. The molecule has 2 rings (SSSR count). The van der Waals surface area contributed by atoms with Crippen molar-refractivity contribution in [3.05, 3.63) is 34.2 Å². The number of benzene rings is 1. The highest BCUT2D eigenvalue weighted by Gasteiger charge is 2.17. The largest absolute Gasteiger partial charge is 0.297 e. The molecule has 24 heavy (non-hydrogen) atoms. The van der Waals surface area contributed by atoms with Gasteiger partial charge in [0.25, 0.3) is 5.91 Å². The van der Waals surface area contributed by atoms with Crippen molar-refractivity contribution in [2.45, 2.75) is 32.6 Å². The predicted octanol–water partition coefficient (Wildman–Crippen LogP) is 3.77. The van der Waals surface area contributed by atoms with E-state index in [1.807, 2.05) is 24.3 Å². The quantitative estimate of drug-likeness (QED) is 0.417. The molecule has 2 amide bonds. The van der Waals surface area contributed by atoms with E-state index >= 15 is 0 Å². The maximum Gasteiger partial charge on any atom is 0.269 e. The minimum absolute atomic E-state index is 0.0253. The van der Waals surface area contributed by atoms with E-state index in [-0.39, 0.29) is 11.0 Å². The fourth-order valence-corrected chi connectivity index (χ4v) is 3.63. The van der Waals surface area contributed by atoms with Crippen LogP contribution in [0.2, 0.25) is 5.02 Å². The Bertz CT molecular complexity index is 761. The number of thiophene rings is 1. The standard InChI is InChI=1S/C16H18ClN3O2S2/c1-2-3-4-9-12(21)19-20-16(23)18-15(22)14-13(17)10-7-5-6-8-11(10)24-14/h5-8H,2-4,9H2,1H3,(H,19,21)(H2,18,20,22,23). The molecule has 5 nitrogen and oxygen atoms in total. The van der Waals surface area contributed by atoms with Crippen LogP contribution in [0.25, 0.3) is 10.1 Å². The van der Waals surface area contributed by atoms with Gasteiger partial charge >= 0.3 is 0 Å². The summed E-state index contributed by atoms with van der Waals surface area (Å²) in [5.41, 5.74) is 4.99. The number of thiocarbonyl (C=S) groups is 1. The molecule has 1 heterocycles. The number of halogens is 1. The maximum atomic E-state index is 12.3. The van der Waals surface area contributed by atoms with E-state index in [0.717, 1.165) is 29.3 Å². The van der Waals surface area contributed by atoms with Gasteiger partial charge in [0.15, 0.2) is 5.11 Å². The van der Waals surface area contributed by atoms with Crippen molar-refractivity contribution < 1.29 is 9.59 Å². The molecule has 0 spiro atoms. The molecule has 0 aliphatic carbocycles. The fourth-order valence-electron chi connectivity index (χ4n) is 2.08. The molecule has 0 fully saturated rings. The van der Waals surface area contributed by atoms with Gasteiger partial charge in [-0.1, -0.05) is 49.6 Å². The van der Waals surface area contributed by atoms with Crippen LogP contribution in [0.1, 0.15) is 42.3 Å². The van der Waals surface area contributed by atoms with Crippen LogP contribution in [0.3, 0.4) is 0 Å². The molecule has 3 N–H and O–H groups in total. The topological polar surface area (TPSA) is 70.2 Å². The van der Waals surface area contributed by atoms with Crippen molar-refractivity contribution in [1.82, 2.24) is 16.2 Å². The molecular weight excluding hydrogens is 366 g/mol. The lowest BCUT2D eigenvalue weighted by molar-refractivity contribution is -0.121. The van der Waals surface area contributed by atoms with Crippen LogP contribution in [0, 0.1) is 0 Å². The highest BCUT2D eigenvalue weighted by Crippen LogP contribution is 2.34. The van der Waals surface area contributed by atoms with Gasteiger partial charge in [0.1, 0.15) is 4.88 Å². The zero-order chi connectivity index (χ0) is 17.5. The molecule has 0 atom stereocenters. The molecule has 1 aromatic heterocycles. The second-order valence-electron chi connectivity index (χ2n) is 5.15. The van der Waals surface area contributed by atoms with E-state index in [1.54, 1.807) is 0 Å². The number of hydrogen-bond donors (Lipinski definition) is 3. The molecule has 0 saturated heterocycles. The molecule has 0 unspecified atom stereocenters. The average molecular weight is 384 g/mol. The summed E-state index contributed by atoms with van der Waals surface area (Å²) in [4.78, 5) is 24.2. The lowest BCUT2D eigenvalue weighted by Crippen LogP contribution is -2.48. The summed E-state index contributed by atoms with van der Waals surface area (Å²) >= 11 is 12.6. The predicted molar refractivity (Wildman–Crippen MR) is 102 cm³/mol. The van der Waals surface area contributed by atoms with Crippen molar-refractivity contribution >= 4 is 62.2 Å². The van der Waals surface area contributed by atoms with Crippen molar-refractivity contribution in [2.24, 2.45) is 0 Å². The van der Waals surface area contributed by atoms with Gasteiger partial charge in [0, 0.05) is 16.5 Å². The fraction of sp³-hybridized carbons (Fsp3) is 0.312. The van der Waals surface area contributed by atoms with Gasteiger partial charge in [0.05, 0.1) is 5.02 Å². The van der Waals surface area contributed by atoms with Gasteiger partial charge in [-0.3, -0.25) is 25.8 Å². The minimum atomic E-state index is -0.404. The molecule has 0 saturated carbocycles. The normalized spacial score (nSPS) is 10.4. The third-order valence-corrected chi connectivity index (χ3v) is 5.17. The highest BCUT2D eigenvalue weighted by atomic mass is 35.5. The highest BCUT2D eigenvalue weighted by molar-refractivity contribution is 7.80. The Kier molecular flexibility index (Phi) is 6.96. The number of carbonyl (C=O) groups excluding carboxylic acids is 2. The molecule has 0 aliphatic heterocycles. The Morgan fingerprint density at radius 2 is 1.96 bits per heavy atom. The number of unbranched alkanes of at least 4 members (excludes halogenated alkanes) is 2. The van der Waals surface area contributed by atoms with Crippen LogP contribution in [-0.2, 0) is 4.79 Å². The van der Waals surface area contributed by atoms with E-state index in [2.05, 4.69) is 23.1 Å². The third-order valence-electron chi connectivity index (χ3n) is 3.29. The molecule has 128 valence electrons. The molecule has 1 aromatic carbocycles. The van der Waals surface area contributed by atoms with Crippen LogP contribution in [0.15, 0.2) is 24.3 Å². The Labute approximate surface area is 154 Å². The first-order valence-electron chi connectivity index (χ1n) is 7.60. The Balaban J connectivity index is 1.88. The summed E-state index contributed by atoms with van der Waals surface area (Å²) in [7, 11) is 0. The number of fused-ring (bicyclic) bond motifs is 1. The monoisotopic (exact) mass is 383 g/mol. The molecule has 2 aromatic rings. The Hall–Kier alpha value is -1.70. The first-order valence-corrected chi connectivity index (χ1v) is 9.20. The van der Waals surface area contributed by atoms with Gasteiger partial charge in [-0.05, 0) is 24.7 Å². The van der Waals surface area contributed by atoms with Crippen LogP contribution >= 0.6 is 35.2 Å². The summed E-state index contributed by atoms with van der Waals surface area (Å²) in [6.07, 6.45) is 3.28. The van der Waals surface area contributed by atoms with Gasteiger partial charge in [-0.25, -0.2) is 0 Å². The summed E-state index contributed by atoms with van der Waals surface area (Å²) in [5.74, 6) is -0.570. The zero-order valence-corrected chi connectivity index (χ0v) is 15.5. The van der Waals surface area contributed by atoms with E-state index in [0.29, 0.717) is 16.3 Å². The van der Waals surface area contributed by atoms with Crippen molar-refractivity contribution in [3.8, 4) is 0 Å². The summed E-state index contributed by atoms with van der Waals surface area (Å²) in [5, 5.41) is 3.77. The number of rotatable bonds is 5. The second kappa shape index (κ2) is 8.96. The van der Waals surface area contributed by atoms with E-state index < -0.39 is 5.91 Å². The average Bonchev–Trinajstić information content (AvgIpc) is 2.91. The number of carbonyl (C=O) groups is 2. The van der Waals surface area contributed by atoms with Crippen LogP contribution < -0.4 is 16.2 Å². The van der Waals surface area contributed by atoms with Gasteiger partial charge in [-0.2, -0.15) is 0 Å². The zero-order valence-electron chi connectivity index (χ0n) is 13.1. The SMILES string of the molecule is CCCCCC(=O)NNC(=S)NC(=O)c1sc2ccccc2c1Cl. The van der Waals surface area contributed by atoms with Crippen molar-refractivity contribution in [3.63, 3.8) is 0 Å². The molecular formula is C16H18ClN3O2S2. The van der Waals surface area contributed by atoms with Crippen molar-refractivity contribution in [2.75, 3.05) is 0 Å². The first-order chi connectivity index (χ1) is 11.5. The van der Waals surface area contributed by atoms with Crippen LogP contribution in [-0.4, -0.2) is 16.9 Å². The van der Waals surface area contributed by atoms with Gasteiger partial charge in [-0.15, -0.1) is 11.3 Å². The van der Waals surface area contributed by atoms with Crippen LogP contribution in [0.5, 0.6) is 0 Å². The summed E-state index contributed by atoms with van der Waals surface area (Å²) in [6.45, 7) is 2.07.